The molecular formula is C14H17N3O3. The fourth-order valence-electron chi connectivity index (χ4n) is 2.87. The van der Waals surface area contributed by atoms with Gasteiger partial charge < -0.3 is 15.8 Å². The van der Waals surface area contributed by atoms with E-state index in [2.05, 4.69) is 5.32 Å². The molecule has 6 heteroatoms. The Morgan fingerprint density at radius 1 is 1.40 bits per heavy atom. The monoisotopic (exact) mass is 275 g/mol. The summed E-state index contributed by atoms with van der Waals surface area (Å²) in [5.41, 5.74) is 7.21. The van der Waals surface area contributed by atoms with Crippen molar-refractivity contribution in [2.24, 2.45) is 5.73 Å². The molecule has 2 unspecified atom stereocenters. The van der Waals surface area contributed by atoms with Crippen LogP contribution in [0.4, 0.5) is 10.5 Å². The standard InChI is InChI=1S/C14H17N3O3/c15-13(18)11-7-10(5-6-16-11)17-12-4-2-1-3-9(12)8-20-14(17)19/h1-4,10-11,16H,5-8H2,(H2,15,18). The third-order valence-electron chi connectivity index (χ3n) is 3.88. The largest absolute Gasteiger partial charge is 0.444 e. The first-order chi connectivity index (χ1) is 9.66. The number of amides is 2. The normalized spacial score (nSPS) is 25.8. The van der Waals surface area contributed by atoms with Crippen molar-refractivity contribution in [3.63, 3.8) is 0 Å². The molecule has 106 valence electrons. The Labute approximate surface area is 116 Å². The third-order valence-corrected chi connectivity index (χ3v) is 3.88. The van der Waals surface area contributed by atoms with Gasteiger partial charge in [-0.1, -0.05) is 18.2 Å². The molecule has 0 spiro atoms. The number of hydrogen-bond donors (Lipinski definition) is 2. The predicted octanol–water partition coefficient (Wildman–Crippen LogP) is 0.749. The molecule has 1 aromatic rings. The molecule has 2 heterocycles. The number of nitrogens with zero attached hydrogens (tertiary/aromatic N) is 1. The number of hydrogen-bond acceptors (Lipinski definition) is 4. The number of para-hydroxylation sites is 1. The Morgan fingerprint density at radius 2 is 2.20 bits per heavy atom. The molecule has 0 saturated carbocycles. The quantitative estimate of drug-likeness (QED) is 0.834. The van der Waals surface area contributed by atoms with Crippen molar-refractivity contribution in [3.05, 3.63) is 29.8 Å². The molecule has 2 atom stereocenters. The van der Waals surface area contributed by atoms with Gasteiger partial charge >= 0.3 is 6.09 Å². The van der Waals surface area contributed by atoms with Crippen molar-refractivity contribution >= 4 is 17.7 Å². The van der Waals surface area contributed by atoms with Crippen molar-refractivity contribution in [1.29, 1.82) is 0 Å². The van der Waals surface area contributed by atoms with Gasteiger partial charge in [-0.3, -0.25) is 9.69 Å². The molecule has 3 N–H and O–H groups in total. The molecule has 6 nitrogen and oxygen atoms in total. The molecule has 0 aromatic heterocycles. The van der Waals surface area contributed by atoms with Crippen molar-refractivity contribution in [1.82, 2.24) is 5.32 Å². The number of cyclic esters (lactones) is 1. The number of rotatable bonds is 2. The van der Waals surface area contributed by atoms with E-state index >= 15 is 0 Å². The maximum absolute atomic E-state index is 12.1. The summed E-state index contributed by atoms with van der Waals surface area (Å²) in [4.78, 5) is 25.1. The Balaban J connectivity index is 1.89. The number of anilines is 1. The van der Waals surface area contributed by atoms with Gasteiger partial charge in [0.1, 0.15) is 6.61 Å². The zero-order valence-electron chi connectivity index (χ0n) is 11.0. The lowest BCUT2D eigenvalue weighted by Crippen LogP contribution is -2.55. The van der Waals surface area contributed by atoms with Crippen LogP contribution >= 0.6 is 0 Å². The van der Waals surface area contributed by atoms with Crippen LogP contribution in [-0.2, 0) is 16.1 Å². The fraction of sp³-hybridized carbons (Fsp3) is 0.429. The van der Waals surface area contributed by atoms with Crippen molar-refractivity contribution < 1.29 is 14.3 Å². The number of fused-ring (bicyclic) bond motifs is 1. The summed E-state index contributed by atoms with van der Waals surface area (Å²) in [5.74, 6) is -0.381. The van der Waals surface area contributed by atoms with Crippen LogP contribution in [0.15, 0.2) is 24.3 Å². The molecule has 0 radical (unpaired) electrons. The lowest BCUT2D eigenvalue weighted by atomic mass is 9.96. The van der Waals surface area contributed by atoms with Gasteiger partial charge in [0.2, 0.25) is 5.91 Å². The highest BCUT2D eigenvalue weighted by Gasteiger charge is 2.36. The maximum atomic E-state index is 12.1. The molecule has 3 rings (SSSR count). The Morgan fingerprint density at radius 3 is 3.00 bits per heavy atom. The van der Waals surface area contributed by atoms with Gasteiger partial charge in [-0.2, -0.15) is 0 Å². The van der Waals surface area contributed by atoms with Crippen LogP contribution in [0.25, 0.3) is 0 Å². The number of benzene rings is 1. The van der Waals surface area contributed by atoms with Crippen molar-refractivity contribution in [2.45, 2.75) is 31.5 Å². The maximum Gasteiger partial charge on any atom is 0.414 e. The number of nitrogens with two attached hydrogens (primary N) is 1. The van der Waals surface area contributed by atoms with Crippen LogP contribution in [0.1, 0.15) is 18.4 Å². The Kier molecular flexibility index (Phi) is 3.31. The van der Waals surface area contributed by atoms with Crippen LogP contribution in [-0.4, -0.2) is 30.6 Å². The second kappa shape index (κ2) is 5.13. The summed E-state index contributed by atoms with van der Waals surface area (Å²) in [6.45, 7) is 0.958. The van der Waals surface area contributed by atoms with E-state index in [0.29, 0.717) is 19.6 Å². The Hall–Kier alpha value is -2.08. The number of nitrogens with one attached hydrogen (secondary N) is 1. The second-order valence-corrected chi connectivity index (χ2v) is 5.14. The van der Waals surface area contributed by atoms with Crippen molar-refractivity contribution in [2.75, 3.05) is 11.4 Å². The highest BCUT2D eigenvalue weighted by molar-refractivity contribution is 5.91. The lowest BCUT2D eigenvalue weighted by Gasteiger charge is -2.39. The molecular weight excluding hydrogens is 258 g/mol. The van der Waals surface area contributed by atoms with Crippen LogP contribution in [0, 0.1) is 0 Å². The van der Waals surface area contributed by atoms with Gasteiger partial charge in [-0.15, -0.1) is 0 Å². The molecule has 0 bridgehead atoms. The number of ether oxygens (including phenoxy) is 1. The number of piperidine rings is 1. The summed E-state index contributed by atoms with van der Waals surface area (Å²) in [6, 6.07) is 7.22. The van der Waals surface area contributed by atoms with E-state index in [0.717, 1.165) is 17.7 Å². The molecule has 2 aliphatic rings. The first-order valence-corrected chi connectivity index (χ1v) is 6.73. The van der Waals surface area contributed by atoms with Crippen LogP contribution in [0.5, 0.6) is 0 Å². The van der Waals surface area contributed by atoms with Crippen LogP contribution in [0.3, 0.4) is 0 Å². The molecule has 1 aromatic carbocycles. The van der Waals surface area contributed by atoms with Gasteiger partial charge in [0.05, 0.1) is 11.7 Å². The van der Waals surface area contributed by atoms with E-state index in [1.807, 2.05) is 24.3 Å². The summed E-state index contributed by atoms with van der Waals surface area (Å²) >= 11 is 0. The summed E-state index contributed by atoms with van der Waals surface area (Å²) in [7, 11) is 0. The zero-order valence-corrected chi connectivity index (χ0v) is 11.0. The zero-order chi connectivity index (χ0) is 14.1. The summed E-state index contributed by atoms with van der Waals surface area (Å²) in [5, 5.41) is 3.07. The molecule has 20 heavy (non-hydrogen) atoms. The highest BCUT2D eigenvalue weighted by Crippen LogP contribution is 2.31. The van der Waals surface area contributed by atoms with Gasteiger partial charge in [0, 0.05) is 11.6 Å². The van der Waals surface area contributed by atoms with E-state index in [-0.39, 0.29) is 18.0 Å². The molecule has 2 aliphatic heterocycles. The van der Waals surface area contributed by atoms with Gasteiger partial charge in [0.15, 0.2) is 0 Å². The van der Waals surface area contributed by atoms with Crippen molar-refractivity contribution in [3.8, 4) is 0 Å². The minimum absolute atomic E-state index is 0.0669. The third kappa shape index (κ3) is 2.22. The fourth-order valence-corrected chi connectivity index (χ4v) is 2.87. The van der Waals surface area contributed by atoms with E-state index < -0.39 is 6.04 Å². The first kappa shape index (κ1) is 12.9. The molecule has 2 amide bonds. The van der Waals surface area contributed by atoms with E-state index in [9.17, 15) is 9.59 Å². The summed E-state index contributed by atoms with van der Waals surface area (Å²) < 4.78 is 5.22. The first-order valence-electron chi connectivity index (χ1n) is 6.73. The molecule has 1 fully saturated rings. The van der Waals surface area contributed by atoms with Gasteiger partial charge in [0.25, 0.3) is 0 Å². The van der Waals surface area contributed by atoms with E-state index in [4.69, 9.17) is 10.5 Å². The topological polar surface area (TPSA) is 84.7 Å². The molecule has 1 saturated heterocycles. The predicted molar refractivity (Wildman–Crippen MR) is 73.1 cm³/mol. The minimum Gasteiger partial charge on any atom is -0.444 e. The number of primary amides is 1. The number of carbonyl (C=O) groups excluding carboxylic acids is 2. The smallest absolute Gasteiger partial charge is 0.414 e. The van der Waals surface area contributed by atoms with Gasteiger partial charge in [-0.25, -0.2) is 4.79 Å². The van der Waals surface area contributed by atoms with Crippen LogP contribution in [0.2, 0.25) is 0 Å². The highest BCUT2D eigenvalue weighted by atomic mass is 16.6. The molecule has 0 aliphatic carbocycles. The van der Waals surface area contributed by atoms with Gasteiger partial charge in [-0.05, 0) is 25.5 Å². The summed E-state index contributed by atoms with van der Waals surface area (Å²) in [6.07, 6.45) is 0.935. The lowest BCUT2D eigenvalue weighted by molar-refractivity contribution is -0.120. The van der Waals surface area contributed by atoms with E-state index in [1.54, 1.807) is 4.90 Å². The minimum atomic E-state index is -0.393. The van der Waals surface area contributed by atoms with E-state index in [1.165, 1.54) is 0 Å². The SMILES string of the molecule is NC(=O)C1CC(N2C(=O)OCc3ccccc32)CCN1. The second-order valence-electron chi connectivity index (χ2n) is 5.14. The average Bonchev–Trinajstić information content (AvgIpc) is 2.47. The Bertz CT molecular complexity index is 546. The number of carbonyl (C=O) groups is 2. The average molecular weight is 275 g/mol. The van der Waals surface area contributed by atoms with Crippen LogP contribution < -0.4 is 16.0 Å².